The largest absolute Gasteiger partial charge is 0.394 e. The molecule has 3 saturated carbocycles. The molecule has 3 nitrogen and oxygen atoms in total. The van der Waals surface area contributed by atoms with Gasteiger partial charge in [0.25, 0.3) is 0 Å². The van der Waals surface area contributed by atoms with Crippen molar-refractivity contribution in [2.45, 2.75) is 37.5 Å². The highest BCUT2D eigenvalue weighted by molar-refractivity contribution is 9.10. The molecule has 1 aromatic carbocycles. The highest BCUT2D eigenvalue weighted by Crippen LogP contribution is 2.73. The monoisotopic (exact) mass is 362 g/mol. The zero-order valence-electron chi connectivity index (χ0n) is 11.1. The quantitative estimate of drug-likeness (QED) is 0.844. The molecule has 2 amide bonds. The van der Waals surface area contributed by atoms with Crippen LogP contribution in [0.25, 0.3) is 0 Å². The van der Waals surface area contributed by atoms with E-state index in [1.54, 1.807) is 0 Å². The van der Waals surface area contributed by atoms with Crippen molar-refractivity contribution in [2.75, 3.05) is 0 Å². The topological polar surface area (TPSA) is 41.1 Å². The molecule has 2 N–H and O–H groups in total. The first kappa shape index (κ1) is 14.7. The molecule has 0 heterocycles. The average Bonchev–Trinajstić information content (AvgIpc) is 2.28. The second-order valence-electron chi connectivity index (χ2n) is 6.03. The predicted molar refractivity (Wildman–Crippen MR) is 74.6 cm³/mol. The Balaban J connectivity index is 1.47. The molecule has 4 rings (SSSR count). The minimum atomic E-state index is -4.15. The Morgan fingerprint density at radius 3 is 2.52 bits per heavy atom. The Labute approximate surface area is 128 Å². The van der Waals surface area contributed by atoms with Crippen molar-refractivity contribution in [1.82, 2.24) is 10.6 Å². The predicted octanol–water partition coefficient (Wildman–Crippen LogP) is 3.73. The summed E-state index contributed by atoms with van der Waals surface area (Å²) in [5, 5.41) is 5.35. The van der Waals surface area contributed by atoms with Crippen molar-refractivity contribution < 1.29 is 18.0 Å². The number of benzene rings is 1. The van der Waals surface area contributed by atoms with Crippen LogP contribution in [0.15, 0.2) is 28.7 Å². The highest BCUT2D eigenvalue weighted by atomic mass is 79.9. The van der Waals surface area contributed by atoms with E-state index >= 15 is 0 Å². The van der Waals surface area contributed by atoms with Crippen molar-refractivity contribution in [3.63, 3.8) is 0 Å². The number of carbonyl (C=O) groups excluding carboxylic acids is 1. The number of hydrogen-bond donors (Lipinski definition) is 2. The van der Waals surface area contributed by atoms with Gasteiger partial charge in [0, 0.05) is 16.6 Å². The minimum absolute atomic E-state index is 0.00774. The maximum Gasteiger partial charge on any atom is 0.394 e. The molecule has 0 saturated heterocycles. The van der Waals surface area contributed by atoms with Gasteiger partial charge in [0.2, 0.25) is 0 Å². The van der Waals surface area contributed by atoms with Crippen LogP contribution in [0.2, 0.25) is 0 Å². The number of urea groups is 1. The van der Waals surface area contributed by atoms with E-state index in [4.69, 9.17) is 0 Å². The van der Waals surface area contributed by atoms with Crippen molar-refractivity contribution >= 4 is 22.0 Å². The molecule has 0 spiro atoms. The molecule has 114 valence electrons. The van der Waals surface area contributed by atoms with Crippen molar-refractivity contribution in [1.29, 1.82) is 0 Å². The molecule has 3 fully saturated rings. The van der Waals surface area contributed by atoms with Crippen molar-refractivity contribution in [3.05, 3.63) is 34.3 Å². The Morgan fingerprint density at radius 1 is 1.29 bits per heavy atom. The van der Waals surface area contributed by atoms with E-state index in [1.807, 2.05) is 24.3 Å². The summed E-state index contributed by atoms with van der Waals surface area (Å²) in [4.78, 5) is 11.8. The van der Waals surface area contributed by atoms with Crippen LogP contribution in [-0.4, -0.2) is 17.7 Å². The molecule has 7 heteroatoms. The van der Waals surface area contributed by atoms with E-state index in [-0.39, 0.29) is 19.3 Å². The fraction of sp³-hybridized carbons (Fsp3) is 0.500. The van der Waals surface area contributed by atoms with Crippen LogP contribution >= 0.6 is 15.9 Å². The first-order chi connectivity index (χ1) is 9.74. The van der Waals surface area contributed by atoms with E-state index in [2.05, 4.69) is 26.6 Å². The number of halogens is 4. The van der Waals surface area contributed by atoms with Gasteiger partial charge < -0.3 is 10.6 Å². The summed E-state index contributed by atoms with van der Waals surface area (Å²) < 4.78 is 39.0. The summed E-state index contributed by atoms with van der Waals surface area (Å²) in [5.41, 5.74) is -1.26. The normalized spacial score (nSPS) is 30.1. The third-order valence-electron chi connectivity index (χ3n) is 4.35. The number of nitrogens with one attached hydrogen (secondary N) is 2. The lowest BCUT2D eigenvalue weighted by atomic mass is 9.39. The molecule has 0 aromatic heterocycles. The van der Waals surface area contributed by atoms with Gasteiger partial charge in [-0.1, -0.05) is 28.1 Å². The lowest BCUT2D eigenvalue weighted by Gasteiger charge is -2.70. The number of alkyl halides is 3. The van der Waals surface area contributed by atoms with Crippen molar-refractivity contribution in [2.24, 2.45) is 5.41 Å². The molecule has 3 aliphatic carbocycles. The molecular weight excluding hydrogens is 349 g/mol. The Kier molecular flexibility index (Phi) is 3.24. The summed E-state index contributed by atoms with van der Waals surface area (Å²) in [5.74, 6) is 0. The van der Waals surface area contributed by atoms with Crippen LogP contribution in [0.3, 0.4) is 0 Å². The van der Waals surface area contributed by atoms with E-state index in [1.165, 1.54) is 0 Å². The van der Waals surface area contributed by atoms with Crippen LogP contribution in [0.5, 0.6) is 0 Å². The third kappa shape index (κ3) is 2.52. The maximum absolute atomic E-state index is 12.7. The minimum Gasteiger partial charge on any atom is -0.334 e. The number of carbonyl (C=O) groups is 1. The van der Waals surface area contributed by atoms with Gasteiger partial charge in [0.15, 0.2) is 0 Å². The molecular formula is C14H14BrF3N2O. The molecule has 1 aromatic rings. The Morgan fingerprint density at radius 2 is 1.95 bits per heavy atom. The van der Waals surface area contributed by atoms with E-state index in [0.717, 1.165) is 10.0 Å². The maximum atomic E-state index is 12.7. The second-order valence-corrected chi connectivity index (χ2v) is 6.94. The smallest absolute Gasteiger partial charge is 0.334 e. The second kappa shape index (κ2) is 4.63. The SMILES string of the molecule is O=C(NCc1cccc(Br)c1)NC12CC(C(F)(F)F)(C1)C2. The lowest BCUT2D eigenvalue weighted by molar-refractivity contribution is -0.336. The van der Waals surface area contributed by atoms with Crippen LogP contribution in [-0.2, 0) is 6.54 Å². The first-order valence-electron chi connectivity index (χ1n) is 6.61. The third-order valence-corrected chi connectivity index (χ3v) is 4.85. The Hall–Kier alpha value is -1.24. The van der Waals surface area contributed by atoms with Gasteiger partial charge in [-0.25, -0.2) is 4.79 Å². The zero-order chi connectivity index (χ0) is 15.3. The van der Waals surface area contributed by atoms with Crippen LogP contribution in [0, 0.1) is 5.41 Å². The molecule has 21 heavy (non-hydrogen) atoms. The molecule has 2 bridgehead atoms. The van der Waals surface area contributed by atoms with Crippen LogP contribution in [0.4, 0.5) is 18.0 Å². The van der Waals surface area contributed by atoms with Gasteiger partial charge >= 0.3 is 12.2 Å². The Bertz CT molecular complexity index is 568. The molecule has 0 radical (unpaired) electrons. The standard InChI is InChI=1S/C14H14BrF3N2O/c15-10-3-1-2-9(4-10)5-19-11(21)20-13-6-12(7-13,8-13)14(16,17)18/h1-4H,5-8H2,(H2,19,20,21). The number of amides is 2. The van der Waals surface area contributed by atoms with E-state index < -0.39 is 23.2 Å². The summed E-state index contributed by atoms with van der Waals surface area (Å²) in [6.07, 6.45) is -4.13. The summed E-state index contributed by atoms with van der Waals surface area (Å²) in [6, 6.07) is 7.06. The van der Waals surface area contributed by atoms with Gasteiger partial charge in [0.05, 0.1) is 5.41 Å². The number of rotatable bonds is 3. The zero-order valence-corrected chi connectivity index (χ0v) is 12.6. The summed E-state index contributed by atoms with van der Waals surface area (Å²) in [7, 11) is 0. The molecule has 0 atom stereocenters. The molecule has 3 aliphatic rings. The molecule has 0 unspecified atom stereocenters. The number of hydrogen-bond acceptors (Lipinski definition) is 1. The van der Waals surface area contributed by atoms with Crippen molar-refractivity contribution in [3.8, 4) is 0 Å². The van der Waals surface area contributed by atoms with Gasteiger partial charge in [0.1, 0.15) is 0 Å². The highest BCUT2D eigenvalue weighted by Gasteiger charge is 2.79. The lowest BCUT2D eigenvalue weighted by Crippen LogP contribution is -2.79. The van der Waals surface area contributed by atoms with Gasteiger partial charge in [-0.3, -0.25) is 0 Å². The van der Waals surface area contributed by atoms with Gasteiger partial charge in [-0.15, -0.1) is 0 Å². The fourth-order valence-electron chi connectivity index (χ4n) is 3.34. The van der Waals surface area contributed by atoms with Crippen LogP contribution in [0.1, 0.15) is 24.8 Å². The summed E-state index contributed by atoms with van der Waals surface area (Å²) >= 11 is 3.33. The van der Waals surface area contributed by atoms with Gasteiger partial charge in [-0.2, -0.15) is 13.2 Å². The average molecular weight is 363 g/mol. The fourth-order valence-corrected chi connectivity index (χ4v) is 3.78. The summed E-state index contributed by atoms with van der Waals surface area (Å²) in [6.45, 7) is 0.339. The van der Waals surface area contributed by atoms with E-state index in [0.29, 0.717) is 6.54 Å². The van der Waals surface area contributed by atoms with Gasteiger partial charge in [-0.05, 0) is 37.0 Å². The molecule has 0 aliphatic heterocycles. The first-order valence-corrected chi connectivity index (χ1v) is 7.40. The van der Waals surface area contributed by atoms with Crippen LogP contribution < -0.4 is 10.6 Å². The van der Waals surface area contributed by atoms with E-state index in [9.17, 15) is 18.0 Å².